The van der Waals surface area contributed by atoms with Gasteiger partial charge < -0.3 is 23.5 Å². The summed E-state index contributed by atoms with van der Waals surface area (Å²) in [6.07, 6.45) is 14.6. The average Bonchev–Trinajstić information content (AvgIpc) is 3.65. The smallest absolute Gasteiger partial charge is 0.180 e. The summed E-state index contributed by atoms with van der Waals surface area (Å²) >= 11 is 1.84. The molecule has 5 nitrogen and oxygen atoms in total. The number of unbranched alkanes of at least 4 members (excludes halogenated alkanes) is 5. The maximum absolute atomic E-state index is 7.09. The summed E-state index contributed by atoms with van der Waals surface area (Å²) in [5.74, 6) is 2.94. The molecule has 4 aromatic rings. The fourth-order valence-electron chi connectivity index (χ4n) is 8.38. The monoisotopic (exact) mass is 802 g/mol. The highest BCUT2D eigenvalue weighted by Gasteiger charge is 2.40. The molecule has 3 heterocycles. The minimum Gasteiger partial charge on any atom is -0.488 e. The summed E-state index contributed by atoms with van der Waals surface area (Å²) in [6.45, 7) is 30.0. The minimum atomic E-state index is -0.409. The van der Waals surface area contributed by atoms with Gasteiger partial charge in [-0.15, -0.1) is 11.3 Å². The third kappa shape index (κ3) is 11.4. The second-order valence-electron chi connectivity index (χ2n) is 19.5. The molecule has 2 aromatic carbocycles. The SMILES string of the molecule is CCCCCCn1c2ccc(-c3sc(C(C)(C)C)c4c3OCC(COCC(CC)CCCC)(COCC(CC)CCCC)CO4)cc2c2cc(C(C)(C)C)ccc21. The minimum absolute atomic E-state index is 0.0685. The van der Waals surface area contributed by atoms with Gasteiger partial charge in [0, 0.05) is 47.0 Å². The first-order chi connectivity index (χ1) is 27.3. The van der Waals surface area contributed by atoms with Crippen LogP contribution in [0.5, 0.6) is 11.5 Å². The maximum atomic E-state index is 7.09. The van der Waals surface area contributed by atoms with Crippen LogP contribution in [0.3, 0.4) is 0 Å². The molecule has 6 heteroatoms. The second kappa shape index (κ2) is 20.6. The van der Waals surface area contributed by atoms with E-state index >= 15 is 0 Å². The van der Waals surface area contributed by atoms with E-state index in [1.807, 2.05) is 11.3 Å². The van der Waals surface area contributed by atoms with Crippen LogP contribution in [0.2, 0.25) is 0 Å². The Morgan fingerprint density at radius 2 is 1.23 bits per heavy atom. The van der Waals surface area contributed by atoms with Crippen LogP contribution < -0.4 is 9.47 Å². The summed E-state index contributed by atoms with van der Waals surface area (Å²) in [5, 5.41) is 2.66. The van der Waals surface area contributed by atoms with Gasteiger partial charge in [0.25, 0.3) is 0 Å². The van der Waals surface area contributed by atoms with Crippen molar-refractivity contribution in [2.24, 2.45) is 17.3 Å². The van der Waals surface area contributed by atoms with Crippen molar-refractivity contribution < 1.29 is 18.9 Å². The van der Waals surface area contributed by atoms with Crippen molar-refractivity contribution in [1.29, 1.82) is 0 Å². The van der Waals surface area contributed by atoms with E-state index in [1.54, 1.807) is 0 Å². The van der Waals surface area contributed by atoms with Crippen LogP contribution in [-0.4, -0.2) is 44.2 Å². The van der Waals surface area contributed by atoms with Crippen LogP contribution in [0, 0.1) is 17.3 Å². The van der Waals surface area contributed by atoms with Crippen molar-refractivity contribution >= 4 is 33.1 Å². The van der Waals surface area contributed by atoms with Crippen LogP contribution in [0.4, 0.5) is 0 Å². The van der Waals surface area contributed by atoms with Crippen molar-refractivity contribution in [3.05, 3.63) is 46.8 Å². The largest absolute Gasteiger partial charge is 0.488 e. The van der Waals surface area contributed by atoms with Crippen molar-refractivity contribution in [2.45, 2.75) is 171 Å². The fraction of sp³-hybridized carbons (Fsp3) is 0.686. The molecule has 0 aliphatic carbocycles. The van der Waals surface area contributed by atoms with E-state index in [0.29, 0.717) is 38.3 Å². The van der Waals surface area contributed by atoms with Gasteiger partial charge in [-0.05, 0) is 71.9 Å². The Morgan fingerprint density at radius 1 is 0.667 bits per heavy atom. The summed E-state index contributed by atoms with van der Waals surface area (Å²) in [6, 6.07) is 14.3. The molecule has 0 fully saturated rings. The zero-order valence-corrected chi connectivity index (χ0v) is 38.9. The number of ether oxygens (including phenoxy) is 4. The number of hydrogen-bond donors (Lipinski definition) is 0. The number of benzene rings is 2. The number of aromatic nitrogens is 1. The van der Waals surface area contributed by atoms with Gasteiger partial charge in [-0.2, -0.15) is 0 Å². The van der Waals surface area contributed by atoms with Crippen LogP contribution in [0.25, 0.3) is 32.2 Å². The molecular weight excluding hydrogens is 723 g/mol. The molecule has 0 spiro atoms. The van der Waals surface area contributed by atoms with Gasteiger partial charge in [0.05, 0.1) is 28.4 Å². The zero-order valence-electron chi connectivity index (χ0n) is 38.0. The molecule has 1 aliphatic heterocycles. The van der Waals surface area contributed by atoms with Crippen molar-refractivity contribution in [3.63, 3.8) is 0 Å². The van der Waals surface area contributed by atoms with Gasteiger partial charge in [0.1, 0.15) is 13.2 Å². The highest BCUT2D eigenvalue weighted by molar-refractivity contribution is 7.16. The summed E-state index contributed by atoms with van der Waals surface area (Å²) in [4.78, 5) is 2.39. The van der Waals surface area contributed by atoms with Gasteiger partial charge in [0.15, 0.2) is 11.5 Å². The molecule has 5 rings (SSSR count). The Morgan fingerprint density at radius 3 is 1.77 bits per heavy atom. The first kappa shape index (κ1) is 45.5. The Labute approximate surface area is 351 Å². The van der Waals surface area contributed by atoms with Crippen LogP contribution in [0.1, 0.15) is 164 Å². The summed E-state index contributed by atoms with van der Waals surface area (Å²) in [7, 11) is 0. The third-order valence-corrected chi connectivity index (χ3v) is 14.0. The lowest BCUT2D eigenvalue weighted by atomic mass is 9.86. The van der Waals surface area contributed by atoms with E-state index in [4.69, 9.17) is 18.9 Å². The molecular formula is C51H79NO4S. The number of aryl methyl sites for hydroxylation is 1. The zero-order chi connectivity index (χ0) is 41.2. The fourth-order valence-corrected chi connectivity index (χ4v) is 9.62. The molecule has 0 saturated carbocycles. The number of fused-ring (bicyclic) bond motifs is 4. The lowest BCUT2D eigenvalue weighted by molar-refractivity contribution is -0.0715. The molecule has 0 bridgehead atoms. The van der Waals surface area contributed by atoms with Crippen LogP contribution in [-0.2, 0) is 26.8 Å². The Kier molecular flexibility index (Phi) is 16.5. The van der Waals surface area contributed by atoms with Gasteiger partial charge in [-0.3, -0.25) is 0 Å². The molecule has 0 saturated heterocycles. The van der Waals surface area contributed by atoms with E-state index in [1.165, 1.54) is 102 Å². The van der Waals surface area contributed by atoms with E-state index < -0.39 is 5.41 Å². The van der Waals surface area contributed by atoms with E-state index in [2.05, 4.69) is 117 Å². The number of rotatable bonds is 22. The molecule has 2 atom stereocenters. The highest BCUT2D eigenvalue weighted by atomic mass is 32.1. The lowest BCUT2D eigenvalue weighted by Gasteiger charge is -2.32. The van der Waals surface area contributed by atoms with Crippen molar-refractivity contribution in [1.82, 2.24) is 4.57 Å². The normalized spacial score (nSPS) is 17.4. The number of nitrogens with zero attached hydrogens (tertiary/aromatic N) is 1. The van der Waals surface area contributed by atoms with Gasteiger partial charge in [-0.25, -0.2) is 0 Å². The maximum Gasteiger partial charge on any atom is 0.180 e. The predicted molar refractivity (Wildman–Crippen MR) is 246 cm³/mol. The molecule has 2 aromatic heterocycles. The molecule has 0 radical (unpaired) electrons. The Hall–Kier alpha value is -2.54. The highest BCUT2D eigenvalue weighted by Crippen LogP contribution is 2.54. The molecule has 2 unspecified atom stereocenters. The van der Waals surface area contributed by atoms with Crippen molar-refractivity contribution in [3.8, 4) is 21.9 Å². The topological polar surface area (TPSA) is 41.9 Å². The quantitative estimate of drug-likeness (QED) is 0.0743. The van der Waals surface area contributed by atoms with Crippen molar-refractivity contribution in [2.75, 3.05) is 39.6 Å². The molecule has 57 heavy (non-hydrogen) atoms. The molecule has 318 valence electrons. The summed E-state index contributed by atoms with van der Waals surface area (Å²) < 4.78 is 30.0. The molecule has 0 amide bonds. The molecule has 1 aliphatic rings. The first-order valence-electron chi connectivity index (χ1n) is 22.9. The Balaban J connectivity index is 1.52. The Bertz CT molecular complexity index is 1820. The average molecular weight is 802 g/mol. The summed E-state index contributed by atoms with van der Waals surface area (Å²) in [5.41, 5.74) is 4.75. The van der Waals surface area contributed by atoms with Gasteiger partial charge in [-0.1, -0.05) is 146 Å². The van der Waals surface area contributed by atoms with Gasteiger partial charge in [0.2, 0.25) is 0 Å². The first-order valence-corrected chi connectivity index (χ1v) is 23.8. The van der Waals surface area contributed by atoms with Crippen LogP contribution >= 0.6 is 11.3 Å². The van der Waals surface area contributed by atoms with Crippen LogP contribution in [0.15, 0.2) is 36.4 Å². The lowest BCUT2D eigenvalue weighted by Crippen LogP contribution is -2.43. The molecule has 0 N–H and O–H groups in total. The number of thiophene rings is 1. The number of hydrogen-bond acceptors (Lipinski definition) is 5. The van der Waals surface area contributed by atoms with E-state index in [-0.39, 0.29) is 10.8 Å². The second-order valence-corrected chi connectivity index (χ2v) is 20.6. The van der Waals surface area contributed by atoms with E-state index in [0.717, 1.165) is 49.0 Å². The van der Waals surface area contributed by atoms with Gasteiger partial charge >= 0.3 is 0 Å². The third-order valence-electron chi connectivity index (χ3n) is 12.4. The van der Waals surface area contributed by atoms with E-state index in [9.17, 15) is 0 Å². The predicted octanol–water partition coefficient (Wildman–Crippen LogP) is 14.9. The standard InChI is InChI=1S/C51H79NO4S/c1-12-17-20-21-28-52-43-26-24-39(29-41(43)42-30-40(49(6,7)8)25-27-44(42)52)47-45-46(48(57-47)50(9,10)11)56-36-51(35-55-45,33-53-31-37(15-4)22-18-13-2)34-54-32-38(16-5)23-19-14-3/h24-27,29-30,37-38H,12-23,28,31-36H2,1-11H3.